The predicted molar refractivity (Wildman–Crippen MR) is 80.6 cm³/mol. The van der Waals surface area contributed by atoms with Gasteiger partial charge in [-0.1, -0.05) is 35.5 Å². The highest BCUT2D eigenvalue weighted by Gasteiger charge is 2.15. The Hall–Kier alpha value is -1.65. The van der Waals surface area contributed by atoms with E-state index in [0.29, 0.717) is 6.04 Å². The highest BCUT2D eigenvalue weighted by molar-refractivity contribution is 5.23. The lowest BCUT2D eigenvalue weighted by atomic mass is 10.1. The molecule has 0 aliphatic rings. The van der Waals surface area contributed by atoms with Crippen LogP contribution in [0.15, 0.2) is 34.9 Å². The van der Waals surface area contributed by atoms with Gasteiger partial charge in [0.05, 0.1) is 5.69 Å². The van der Waals surface area contributed by atoms with E-state index in [1.807, 2.05) is 19.9 Å². The SMILES string of the molecule is Cc1noc(C)c1CNC(CN(C)C)c1ccccc1. The number of rotatable bonds is 6. The number of likely N-dealkylation sites (N-methyl/N-ethyl adjacent to an activating group) is 1. The van der Waals surface area contributed by atoms with Gasteiger partial charge >= 0.3 is 0 Å². The third-order valence-electron chi connectivity index (χ3n) is 3.46. The Morgan fingerprint density at radius 1 is 1.20 bits per heavy atom. The number of benzene rings is 1. The van der Waals surface area contributed by atoms with Crippen molar-refractivity contribution in [3.05, 3.63) is 52.9 Å². The molecule has 1 heterocycles. The maximum absolute atomic E-state index is 5.21. The molecule has 4 heteroatoms. The molecule has 0 aliphatic heterocycles. The zero-order chi connectivity index (χ0) is 14.5. The van der Waals surface area contributed by atoms with E-state index in [1.165, 1.54) is 5.56 Å². The van der Waals surface area contributed by atoms with E-state index in [-0.39, 0.29) is 0 Å². The van der Waals surface area contributed by atoms with Crippen LogP contribution in [0.4, 0.5) is 0 Å². The van der Waals surface area contributed by atoms with Crippen molar-refractivity contribution in [2.75, 3.05) is 20.6 Å². The summed E-state index contributed by atoms with van der Waals surface area (Å²) >= 11 is 0. The van der Waals surface area contributed by atoms with E-state index < -0.39 is 0 Å². The lowest BCUT2D eigenvalue weighted by Crippen LogP contribution is -2.31. The fourth-order valence-corrected chi connectivity index (χ4v) is 2.32. The van der Waals surface area contributed by atoms with Crippen molar-refractivity contribution in [3.8, 4) is 0 Å². The van der Waals surface area contributed by atoms with Gasteiger partial charge in [0, 0.05) is 24.7 Å². The van der Waals surface area contributed by atoms with Crippen molar-refractivity contribution < 1.29 is 4.52 Å². The standard InChI is InChI=1S/C16H23N3O/c1-12-15(13(2)20-18-12)10-17-16(11-19(3)4)14-8-6-5-7-9-14/h5-9,16-17H,10-11H2,1-4H3. The zero-order valence-electron chi connectivity index (χ0n) is 12.7. The first-order valence-corrected chi connectivity index (χ1v) is 6.92. The van der Waals surface area contributed by atoms with Crippen molar-refractivity contribution in [3.63, 3.8) is 0 Å². The maximum atomic E-state index is 5.21. The number of nitrogens with one attached hydrogen (secondary N) is 1. The Kier molecular flexibility index (Phi) is 4.93. The molecule has 0 bridgehead atoms. The average molecular weight is 273 g/mol. The number of aromatic nitrogens is 1. The fourth-order valence-electron chi connectivity index (χ4n) is 2.32. The lowest BCUT2D eigenvalue weighted by Gasteiger charge is -2.23. The first-order valence-electron chi connectivity index (χ1n) is 6.92. The summed E-state index contributed by atoms with van der Waals surface area (Å²) in [6.07, 6.45) is 0. The van der Waals surface area contributed by atoms with Gasteiger partial charge in [-0.05, 0) is 33.5 Å². The monoisotopic (exact) mass is 273 g/mol. The minimum Gasteiger partial charge on any atom is -0.361 e. The van der Waals surface area contributed by atoms with Crippen molar-refractivity contribution in [2.45, 2.75) is 26.4 Å². The molecule has 1 aromatic heterocycles. The van der Waals surface area contributed by atoms with Crippen molar-refractivity contribution in [1.29, 1.82) is 0 Å². The topological polar surface area (TPSA) is 41.3 Å². The molecule has 1 aromatic carbocycles. The second kappa shape index (κ2) is 6.68. The minimum atomic E-state index is 0.292. The summed E-state index contributed by atoms with van der Waals surface area (Å²) in [5.41, 5.74) is 3.42. The molecule has 1 N–H and O–H groups in total. The summed E-state index contributed by atoms with van der Waals surface area (Å²) in [6.45, 7) is 5.67. The summed E-state index contributed by atoms with van der Waals surface area (Å²) in [5.74, 6) is 0.895. The van der Waals surface area contributed by atoms with Gasteiger partial charge in [-0.2, -0.15) is 0 Å². The van der Waals surface area contributed by atoms with Gasteiger partial charge in [-0.3, -0.25) is 0 Å². The Morgan fingerprint density at radius 3 is 2.45 bits per heavy atom. The number of nitrogens with zero attached hydrogens (tertiary/aromatic N) is 2. The van der Waals surface area contributed by atoms with Gasteiger partial charge < -0.3 is 14.7 Å². The van der Waals surface area contributed by atoms with Crippen molar-refractivity contribution >= 4 is 0 Å². The minimum absolute atomic E-state index is 0.292. The molecule has 0 radical (unpaired) electrons. The molecule has 0 amide bonds. The van der Waals surface area contributed by atoms with E-state index >= 15 is 0 Å². The van der Waals surface area contributed by atoms with Crippen molar-refractivity contribution in [1.82, 2.24) is 15.4 Å². The molecule has 2 aromatic rings. The van der Waals surface area contributed by atoms with Crippen LogP contribution in [0, 0.1) is 13.8 Å². The van der Waals surface area contributed by atoms with Crippen LogP contribution >= 0.6 is 0 Å². The maximum Gasteiger partial charge on any atom is 0.138 e. The normalized spacial score (nSPS) is 12.8. The van der Waals surface area contributed by atoms with Crippen LogP contribution in [0.25, 0.3) is 0 Å². The number of aryl methyl sites for hydroxylation is 2. The molecule has 1 unspecified atom stereocenters. The van der Waals surface area contributed by atoms with E-state index in [4.69, 9.17) is 4.52 Å². The average Bonchev–Trinajstić information content (AvgIpc) is 2.75. The third-order valence-corrected chi connectivity index (χ3v) is 3.46. The smallest absolute Gasteiger partial charge is 0.138 e. The first-order chi connectivity index (χ1) is 9.58. The Bertz CT molecular complexity index is 514. The molecule has 0 saturated heterocycles. The highest BCUT2D eigenvalue weighted by atomic mass is 16.5. The molecular formula is C16H23N3O. The molecule has 4 nitrogen and oxygen atoms in total. The van der Waals surface area contributed by atoms with Crippen LogP contribution in [-0.4, -0.2) is 30.7 Å². The van der Waals surface area contributed by atoms with Crippen LogP contribution in [0.5, 0.6) is 0 Å². The van der Waals surface area contributed by atoms with Crippen LogP contribution < -0.4 is 5.32 Å². The quantitative estimate of drug-likeness (QED) is 0.878. The molecule has 20 heavy (non-hydrogen) atoms. The molecular weight excluding hydrogens is 250 g/mol. The van der Waals surface area contributed by atoms with Gasteiger partial charge in [-0.15, -0.1) is 0 Å². The predicted octanol–water partition coefficient (Wildman–Crippen LogP) is 2.68. The summed E-state index contributed by atoms with van der Waals surface area (Å²) < 4.78 is 5.21. The number of hydrogen-bond donors (Lipinski definition) is 1. The van der Waals surface area contributed by atoms with Gasteiger partial charge in [0.15, 0.2) is 0 Å². The van der Waals surface area contributed by atoms with Crippen molar-refractivity contribution in [2.24, 2.45) is 0 Å². The Labute approximate surface area is 120 Å². The van der Waals surface area contributed by atoms with E-state index in [0.717, 1.165) is 30.1 Å². The lowest BCUT2D eigenvalue weighted by molar-refractivity contribution is 0.339. The van der Waals surface area contributed by atoms with Crippen LogP contribution in [0.3, 0.4) is 0 Å². The van der Waals surface area contributed by atoms with E-state index in [2.05, 4.69) is 53.7 Å². The molecule has 1 atom stereocenters. The Balaban J connectivity index is 2.09. The van der Waals surface area contributed by atoms with Gasteiger partial charge in [0.25, 0.3) is 0 Å². The van der Waals surface area contributed by atoms with E-state index in [9.17, 15) is 0 Å². The van der Waals surface area contributed by atoms with Gasteiger partial charge in [-0.25, -0.2) is 0 Å². The van der Waals surface area contributed by atoms with Crippen LogP contribution in [0.2, 0.25) is 0 Å². The largest absolute Gasteiger partial charge is 0.361 e. The molecule has 108 valence electrons. The third kappa shape index (κ3) is 3.68. The highest BCUT2D eigenvalue weighted by Crippen LogP contribution is 2.17. The van der Waals surface area contributed by atoms with Crippen LogP contribution in [0.1, 0.15) is 28.6 Å². The summed E-state index contributed by atoms with van der Waals surface area (Å²) in [6, 6.07) is 10.8. The van der Waals surface area contributed by atoms with Gasteiger partial charge in [0.1, 0.15) is 5.76 Å². The second-order valence-electron chi connectivity index (χ2n) is 5.41. The molecule has 0 spiro atoms. The summed E-state index contributed by atoms with van der Waals surface area (Å²) in [5, 5.41) is 7.61. The molecule has 0 fully saturated rings. The summed E-state index contributed by atoms with van der Waals surface area (Å²) in [7, 11) is 4.18. The number of hydrogen-bond acceptors (Lipinski definition) is 4. The molecule has 2 rings (SSSR count). The fraction of sp³-hybridized carbons (Fsp3) is 0.438. The van der Waals surface area contributed by atoms with E-state index in [1.54, 1.807) is 0 Å². The Morgan fingerprint density at radius 2 is 1.90 bits per heavy atom. The van der Waals surface area contributed by atoms with Crippen LogP contribution in [-0.2, 0) is 6.54 Å². The molecule has 0 saturated carbocycles. The second-order valence-corrected chi connectivity index (χ2v) is 5.41. The van der Waals surface area contributed by atoms with Gasteiger partial charge in [0.2, 0.25) is 0 Å². The molecule has 0 aliphatic carbocycles. The first kappa shape index (κ1) is 14.8. The zero-order valence-corrected chi connectivity index (χ0v) is 12.7. The summed E-state index contributed by atoms with van der Waals surface area (Å²) in [4.78, 5) is 2.19.